The number of aromatic nitrogens is 2. The summed E-state index contributed by atoms with van der Waals surface area (Å²) in [6.45, 7) is 2.87. The van der Waals surface area contributed by atoms with Crippen LogP contribution in [-0.2, 0) is 24.6 Å². The molecule has 4 nitrogen and oxygen atoms in total. The van der Waals surface area contributed by atoms with Gasteiger partial charge in [-0.15, -0.1) is 0 Å². The van der Waals surface area contributed by atoms with E-state index in [0.717, 1.165) is 25.8 Å². The van der Waals surface area contributed by atoms with Crippen LogP contribution in [0.3, 0.4) is 0 Å². The van der Waals surface area contributed by atoms with E-state index in [0.29, 0.717) is 12.2 Å². The fourth-order valence-corrected chi connectivity index (χ4v) is 3.63. The molecule has 1 aromatic rings. The molecule has 2 aliphatic heterocycles. The van der Waals surface area contributed by atoms with Crippen LogP contribution in [0.15, 0.2) is 6.07 Å². The molecule has 1 aromatic heterocycles. The van der Waals surface area contributed by atoms with Crippen LogP contribution >= 0.6 is 0 Å². The lowest BCUT2D eigenvalue weighted by molar-refractivity contribution is 0.0629. The van der Waals surface area contributed by atoms with E-state index in [4.69, 9.17) is 10.5 Å². The predicted molar refractivity (Wildman–Crippen MR) is 70.3 cm³/mol. The number of hydrogen-bond acceptors (Lipinski definition) is 3. The molecule has 2 aliphatic rings. The minimum absolute atomic E-state index is 0.154. The van der Waals surface area contributed by atoms with Crippen LogP contribution in [-0.4, -0.2) is 28.5 Å². The molecule has 0 radical (unpaired) electrons. The van der Waals surface area contributed by atoms with Crippen molar-refractivity contribution in [1.82, 2.24) is 9.78 Å². The van der Waals surface area contributed by atoms with E-state index in [-0.39, 0.29) is 5.41 Å². The first-order valence-corrected chi connectivity index (χ1v) is 7.04. The van der Waals surface area contributed by atoms with Gasteiger partial charge in [-0.2, -0.15) is 5.10 Å². The van der Waals surface area contributed by atoms with Gasteiger partial charge in [-0.1, -0.05) is 6.92 Å². The Bertz CT molecular complexity index is 442. The molecule has 0 aromatic carbocycles. The second-order valence-corrected chi connectivity index (χ2v) is 5.88. The molecule has 3 atom stereocenters. The molecule has 3 heterocycles. The van der Waals surface area contributed by atoms with E-state index in [9.17, 15) is 0 Å². The summed E-state index contributed by atoms with van der Waals surface area (Å²) in [7, 11) is 2.03. The zero-order valence-electron chi connectivity index (χ0n) is 11.4. The largest absolute Gasteiger partial charge is 0.374 e. The zero-order chi connectivity index (χ0) is 12.8. The number of nitrogens with two attached hydrogens (primary N) is 1. The van der Waals surface area contributed by atoms with E-state index in [2.05, 4.69) is 18.1 Å². The third kappa shape index (κ3) is 1.79. The van der Waals surface area contributed by atoms with Crippen LogP contribution in [0.5, 0.6) is 0 Å². The number of nitrogens with zero attached hydrogens (tertiary/aromatic N) is 2. The quantitative estimate of drug-likeness (QED) is 0.878. The molecule has 0 saturated carbocycles. The van der Waals surface area contributed by atoms with Gasteiger partial charge in [0.1, 0.15) is 0 Å². The number of aryl methyl sites for hydroxylation is 2. The second kappa shape index (κ2) is 4.35. The van der Waals surface area contributed by atoms with E-state index in [1.807, 2.05) is 11.7 Å². The molecule has 2 N–H and O–H groups in total. The summed E-state index contributed by atoms with van der Waals surface area (Å²) in [4.78, 5) is 0. The van der Waals surface area contributed by atoms with E-state index in [1.165, 1.54) is 24.2 Å². The van der Waals surface area contributed by atoms with Crippen LogP contribution in [0.2, 0.25) is 0 Å². The van der Waals surface area contributed by atoms with Crippen molar-refractivity contribution in [2.45, 2.75) is 51.2 Å². The Labute approximate surface area is 108 Å². The lowest BCUT2D eigenvalue weighted by Crippen LogP contribution is -2.41. The van der Waals surface area contributed by atoms with Crippen molar-refractivity contribution in [3.05, 3.63) is 17.5 Å². The molecule has 2 bridgehead atoms. The summed E-state index contributed by atoms with van der Waals surface area (Å²) in [6, 6.07) is 2.23. The maximum Gasteiger partial charge on any atom is 0.0652 e. The van der Waals surface area contributed by atoms with E-state index < -0.39 is 0 Å². The molecular formula is C14H23N3O. The van der Waals surface area contributed by atoms with Crippen molar-refractivity contribution in [2.24, 2.45) is 18.2 Å². The van der Waals surface area contributed by atoms with E-state index in [1.54, 1.807) is 0 Å². The third-order valence-electron chi connectivity index (χ3n) is 4.75. The highest BCUT2D eigenvalue weighted by Crippen LogP contribution is 2.48. The Balaban J connectivity index is 1.83. The van der Waals surface area contributed by atoms with Crippen LogP contribution in [0.25, 0.3) is 0 Å². The molecule has 18 heavy (non-hydrogen) atoms. The fourth-order valence-electron chi connectivity index (χ4n) is 3.63. The standard InChI is InChI=1S/C14H23N3O/c1-3-10-6-11(17(2)16-10)7-14(9-15)8-12-4-5-13(14)18-12/h6,12-13H,3-5,7-9,15H2,1-2H3. The first kappa shape index (κ1) is 12.2. The summed E-state index contributed by atoms with van der Waals surface area (Å²) >= 11 is 0. The number of rotatable bonds is 4. The molecule has 3 rings (SSSR count). The third-order valence-corrected chi connectivity index (χ3v) is 4.75. The molecule has 4 heteroatoms. The summed E-state index contributed by atoms with van der Waals surface area (Å²) in [5, 5.41) is 4.53. The zero-order valence-corrected chi connectivity index (χ0v) is 11.4. The number of hydrogen-bond donors (Lipinski definition) is 1. The molecule has 2 fully saturated rings. The summed E-state index contributed by atoms with van der Waals surface area (Å²) in [6.07, 6.45) is 6.35. The highest BCUT2D eigenvalue weighted by molar-refractivity contribution is 5.15. The van der Waals surface area contributed by atoms with Gasteiger partial charge in [-0.05, 0) is 38.2 Å². The summed E-state index contributed by atoms with van der Waals surface area (Å²) in [5.41, 5.74) is 8.71. The maximum atomic E-state index is 6.08. The Hall–Kier alpha value is -0.870. The predicted octanol–water partition coefficient (Wildman–Crippen LogP) is 1.42. The van der Waals surface area contributed by atoms with Gasteiger partial charge in [0.25, 0.3) is 0 Å². The van der Waals surface area contributed by atoms with Crippen LogP contribution in [0.4, 0.5) is 0 Å². The van der Waals surface area contributed by atoms with Gasteiger partial charge < -0.3 is 10.5 Å². The van der Waals surface area contributed by atoms with Crippen LogP contribution < -0.4 is 5.73 Å². The average molecular weight is 249 g/mol. The molecule has 0 aliphatic carbocycles. The Kier molecular flexibility index (Phi) is 2.94. The number of ether oxygens (including phenoxy) is 1. The Morgan fingerprint density at radius 2 is 2.39 bits per heavy atom. The van der Waals surface area contributed by atoms with Gasteiger partial charge in [-0.3, -0.25) is 4.68 Å². The molecule has 0 amide bonds. The second-order valence-electron chi connectivity index (χ2n) is 5.88. The van der Waals surface area contributed by atoms with Crippen molar-refractivity contribution in [3.8, 4) is 0 Å². The van der Waals surface area contributed by atoms with Crippen molar-refractivity contribution in [2.75, 3.05) is 6.54 Å². The normalized spacial score (nSPS) is 34.4. The summed E-state index contributed by atoms with van der Waals surface area (Å²) < 4.78 is 8.03. The maximum absolute atomic E-state index is 6.08. The first-order chi connectivity index (χ1) is 8.66. The smallest absolute Gasteiger partial charge is 0.0652 e. The van der Waals surface area contributed by atoms with Crippen molar-refractivity contribution >= 4 is 0 Å². The van der Waals surface area contributed by atoms with Crippen LogP contribution in [0, 0.1) is 5.41 Å². The van der Waals surface area contributed by atoms with Crippen molar-refractivity contribution in [1.29, 1.82) is 0 Å². The van der Waals surface area contributed by atoms with Gasteiger partial charge in [0.15, 0.2) is 0 Å². The minimum Gasteiger partial charge on any atom is -0.374 e. The molecule has 100 valence electrons. The highest BCUT2D eigenvalue weighted by atomic mass is 16.5. The van der Waals surface area contributed by atoms with Gasteiger partial charge in [0, 0.05) is 24.7 Å². The first-order valence-electron chi connectivity index (χ1n) is 7.04. The fraction of sp³-hybridized carbons (Fsp3) is 0.786. The van der Waals surface area contributed by atoms with Crippen LogP contribution in [0.1, 0.15) is 37.6 Å². The Morgan fingerprint density at radius 3 is 2.89 bits per heavy atom. The SMILES string of the molecule is CCc1cc(CC2(CN)CC3CCC2O3)n(C)n1. The van der Waals surface area contributed by atoms with E-state index >= 15 is 0 Å². The number of fused-ring (bicyclic) bond motifs is 2. The highest BCUT2D eigenvalue weighted by Gasteiger charge is 2.51. The Morgan fingerprint density at radius 1 is 1.56 bits per heavy atom. The lowest BCUT2D eigenvalue weighted by atomic mass is 9.71. The average Bonchev–Trinajstić information content (AvgIpc) is 3.05. The van der Waals surface area contributed by atoms with Crippen molar-refractivity contribution < 1.29 is 4.74 Å². The molecule has 2 saturated heterocycles. The lowest BCUT2D eigenvalue weighted by Gasteiger charge is -2.34. The summed E-state index contributed by atoms with van der Waals surface area (Å²) in [5.74, 6) is 0. The monoisotopic (exact) mass is 249 g/mol. The van der Waals surface area contributed by atoms with Gasteiger partial charge in [0.05, 0.1) is 17.9 Å². The molecule has 3 unspecified atom stereocenters. The molecular weight excluding hydrogens is 226 g/mol. The van der Waals surface area contributed by atoms with Gasteiger partial charge >= 0.3 is 0 Å². The van der Waals surface area contributed by atoms with Gasteiger partial charge in [-0.25, -0.2) is 0 Å². The van der Waals surface area contributed by atoms with Gasteiger partial charge in [0.2, 0.25) is 0 Å². The van der Waals surface area contributed by atoms with Crippen molar-refractivity contribution in [3.63, 3.8) is 0 Å². The minimum atomic E-state index is 0.154. The molecule has 0 spiro atoms. The topological polar surface area (TPSA) is 53.1 Å².